The lowest BCUT2D eigenvalue weighted by Crippen LogP contribution is -2.38. The summed E-state index contributed by atoms with van der Waals surface area (Å²) in [6.45, 7) is 4.19. The number of hydrogen-bond donors (Lipinski definition) is 0. The molecule has 1 atom stereocenters. The maximum atomic E-state index is 12.3. The zero-order valence-electron chi connectivity index (χ0n) is 17.7. The van der Waals surface area contributed by atoms with E-state index in [1.165, 1.54) is 30.4 Å². The summed E-state index contributed by atoms with van der Waals surface area (Å²) in [5.74, 6) is 2.08. The highest BCUT2D eigenvalue weighted by Crippen LogP contribution is 2.38. The first-order chi connectivity index (χ1) is 14.2. The second kappa shape index (κ2) is 7.97. The Hall–Kier alpha value is -2.09. The van der Waals surface area contributed by atoms with Crippen molar-refractivity contribution in [2.45, 2.75) is 70.1 Å². The summed E-state index contributed by atoms with van der Waals surface area (Å²) in [6, 6.07) is 16.3. The number of amides is 1. The van der Waals surface area contributed by atoms with E-state index in [1.807, 2.05) is 0 Å². The average Bonchev–Trinajstić information content (AvgIpc) is 3.55. The van der Waals surface area contributed by atoms with Gasteiger partial charge in [-0.1, -0.05) is 49.4 Å². The molecule has 152 valence electrons. The molecule has 2 aromatic carbocycles. The fourth-order valence-corrected chi connectivity index (χ4v) is 5.63. The van der Waals surface area contributed by atoms with Gasteiger partial charge in [-0.2, -0.15) is 0 Å². The minimum Gasteiger partial charge on any atom is -0.342 e. The number of rotatable bonds is 5. The molecule has 5 rings (SSSR count). The summed E-state index contributed by atoms with van der Waals surface area (Å²) in [5, 5.41) is 0. The lowest BCUT2D eigenvalue weighted by Gasteiger charge is -2.33. The lowest BCUT2D eigenvalue weighted by molar-refractivity contribution is -0.133. The molecule has 0 spiro atoms. The van der Waals surface area contributed by atoms with Gasteiger partial charge in [0.05, 0.1) is 0 Å². The minimum absolute atomic E-state index is 0.359. The molecular weight excluding hydrogens is 354 g/mol. The van der Waals surface area contributed by atoms with E-state index in [9.17, 15) is 4.79 Å². The number of aryl methyl sites for hydroxylation is 2. The van der Waals surface area contributed by atoms with Crippen molar-refractivity contribution in [1.82, 2.24) is 4.90 Å². The van der Waals surface area contributed by atoms with Crippen LogP contribution in [-0.2, 0) is 24.1 Å². The predicted octanol–water partition coefficient (Wildman–Crippen LogP) is 5.64. The number of carbonyl (C=O) groups excluding carboxylic acids is 1. The Kier molecular flexibility index (Phi) is 5.20. The monoisotopic (exact) mass is 387 g/mol. The number of benzene rings is 2. The summed E-state index contributed by atoms with van der Waals surface area (Å²) in [5.41, 5.74) is 7.69. The standard InChI is InChI=1S/C27H33NO/c1-2-20-17-19(18-24-11-8-21-5-3-4-6-25(21)24)7-12-26(20)22-13-15-28(16-14-22)27(29)23-9-10-23/h3-7,12,17,22-24H,2,8-11,13-16,18H2,1H3. The second-order valence-electron chi connectivity index (χ2n) is 9.40. The van der Waals surface area contributed by atoms with Crippen LogP contribution in [0.25, 0.3) is 0 Å². The van der Waals surface area contributed by atoms with Crippen molar-refractivity contribution in [2.24, 2.45) is 5.92 Å². The van der Waals surface area contributed by atoms with Crippen LogP contribution in [0, 0.1) is 5.92 Å². The Morgan fingerprint density at radius 1 is 0.966 bits per heavy atom. The van der Waals surface area contributed by atoms with Gasteiger partial charge in [0, 0.05) is 19.0 Å². The maximum absolute atomic E-state index is 12.3. The Morgan fingerprint density at radius 3 is 2.52 bits per heavy atom. The molecule has 0 radical (unpaired) electrons. The lowest BCUT2D eigenvalue weighted by atomic mass is 9.83. The molecule has 29 heavy (non-hydrogen) atoms. The quantitative estimate of drug-likeness (QED) is 0.650. The van der Waals surface area contributed by atoms with Gasteiger partial charge in [0.1, 0.15) is 0 Å². The van der Waals surface area contributed by atoms with Gasteiger partial charge >= 0.3 is 0 Å². The summed E-state index contributed by atoms with van der Waals surface area (Å²) in [6.07, 6.45) is 9.27. The van der Waals surface area contributed by atoms with E-state index in [2.05, 4.69) is 54.3 Å². The molecule has 3 aliphatic rings. The molecule has 2 nitrogen and oxygen atoms in total. The molecule has 1 amide bonds. The van der Waals surface area contributed by atoms with Gasteiger partial charge in [0.2, 0.25) is 5.91 Å². The Bertz CT molecular complexity index is 889. The molecule has 2 aliphatic carbocycles. The summed E-state index contributed by atoms with van der Waals surface area (Å²) in [7, 11) is 0. The van der Waals surface area contributed by atoms with Gasteiger partial charge < -0.3 is 4.90 Å². The summed E-state index contributed by atoms with van der Waals surface area (Å²) in [4.78, 5) is 14.5. The number of nitrogens with zero attached hydrogens (tertiary/aromatic N) is 1. The summed E-state index contributed by atoms with van der Waals surface area (Å²) >= 11 is 0. The van der Waals surface area contributed by atoms with Gasteiger partial charge in [0.15, 0.2) is 0 Å². The Labute approximate surface area is 175 Å². The van der Waals surface area contributed by atoms with Crippen molar-refractivity contribution in [3.63, 3.8) is 0 Å². The Balaban J connectivity index is 1.27. The highest BCUT2D eigenvalue weighted by atomic mass is 16.2. The molecule has 1 saturated carbocycles. The zero-order valence-corrected chi connectivity index (χ0v) is 17.7. The van der Waals surface area contributed by atoms with Crippen molar-refractivity contribution in [3.8, 4) is 0 Å². The largest absolute Gasteiger partial charge is 0.342 e. The number of fused-ring (bicyclic) bond motifs is 1. The van der Waals surface area contributed by atoms with Crippen LogP contribution < -0.4 is 0 Å². The van der Waals surface area contributed by atoms with Crippen molar-refractivity contribution in [2.75, 3.05) is 13.1 Å². The van der Waals surface area contributed by atoms with E-state index in [-0.39, 0.29) is 0 Å². The Morgan fingerprint density at radius 2 is 1.76 bits per heavy atom. The molecule has 1 aliphatic heterocycles. The minimum atomic E-state index is 0.359. The van der Waals surface area contributed by atoms with Crippen LogP contribution in [0.3, 0.4) is 0 Å². The number of likely N-dealkylation sites (tertiary alicyclic amines) is 1. The van der Waals surface area contributed by atoms with Crippen molar-refractivity contribution < 1.29 is 4.79 Å². The van der Waals surface area contributed by atoms with Crippen LogP contribution in [0.4, 0.5) is 0 Å². The summed E-state index contributed by atoms with van der Waals surface area (Å²) < 4.78 is 0. The average molecular weight is 388 g/mol. The molecule has 1 unspecified atom stereocenters. The number of hydrogen-bond acceptors (Lipinski definition) is 1. The molecule has 0 N–H and O–H groups in total. The van der Waals surface area contributed by atoms with Gasteiger partial charge in [-0.15, -0.1) is 0 Å². The maximum Gasteiger partial charge on any atom is 0.225 e. The number of piperidine rings is 1. The van der Waals surface area contributed by atoms with Crippen LogP contribution >= 0.6 is 0 Å². The van der Waals surface area contributed by atoms with E-state index in [0.717, 1.165) is 45.2 Å². The van der Waals surface area contributed by atoms with Crippen LogP contribution in [0.15, 0.2) is 42.5 Å². The molecular formula is C27H33NO. The van der Waals surface area contributed by atoms with Gasteiger partial charge in [-0.05, 0) is 91.0 Å². The second-order valence-corrected chi connectivity index (χ2v) is 9.40. The van der Waals surface area contributed by atoms with Crippen molar-refractivity contribution in [1.29, 1.82) is 0 Å². The van der Waals surface area contributed by atoms with E-state index >= 15 is 0 Å². The molecule has 1 heterocycles. The smallest absolute Gasteiger partial charge is 0.225 e. The SMILES string of the molecule is CCc1cc(CC2CCc3ccccc32)ccc1C1CCN(C(=O)C2CC2)CC1. The normalized spacial score (nSPS) is 22.0. The van der Waals surface area contributed by atoms with Gasteiger partial charge in [0.25, 0.3) is 0 Å². The first-order valence-corrected chi connectivity index (χ1v) is 11.7. The van der Waals surface area contributed by atoms with Crippen LogP contribution in [0.1, 0.15) is 78.7 Å². The van der Waals surface area contributed by atoms with E-state index in [0.29, 0.717) is 23.7 Å². The first kappa shape index (κ1) is 18.9. The fourth-order valence-electron chi connectivity index (χ4n) is 5.63. The predicted molar refractivity (Wildman–Crippen MR) is 118 cm³/mol. The third kappa shape index (κ3) is 3.86. The molecule has 2 heteroatoms. The van der Waals surface area contributed by atoms with Crippen LogP contribution in [0.5, 0.6) is 0 Å². The third-order valence-electron chi connectivity index (χ3n) is 7.50. The topological polar surface area (TPSA) is 20.3 Å². The van der Waals surface area contributed by atoms with Crippen molar-refractivity contribution >= 4 is 5.91 Å². The van der Waals surface area contributed by atoms with Crippen molar-refractivity contribution in [3.05, 3.63) is 70.3 Å². The van der Waals surface area contributed by atoms with Gasteiger partial charge in [-0.25, -0.2) is 0 Å². The molecule has 2 fully saturated rings. The first-order valence-electron chi connectivity index (χ1n) is 11.7. The third-order valence-corrected chi connectivity index (χ3v) is 7.50. The van der Waals surface area contributed by atoms with Gasteiger partial charge in [-0.3, -0.25) is 4.79 Å². The molecule has 0 aromatic heterocycles. The van der Waals surface area contributed by atoms with E-state index < -0.39 is 0 Å². The molecule has 0 bridgehead atoms. The van der Waals surface area contributed by atoms with Crippen LogP contribution in [-0.4, -0.2) is 23.9 Å². The fraction of sp³-hybridized carbons (Fsp3) is 0.519. The number of carbonyl (C=O) groups is 1. The van der Waals surface area contributed by atoms with Crippen LogP contribution in [0.2, 0.25) is 0 Å². The molecule has 2 aromatic rings. The zero-order chi connectivity index (χ0) is 19.8. The van der Waals surface area contributed by atoms with E-state index in [1.54, 1.807) is 16.7 Å². The van der Waals surface area contributed by atoms with E-state index in [4.69, 9.17) is 0 Å². The highest BCUT2D eigenvalue weighted by molar-refractivity contribution is 5.81. The highest BCUT2D eigenvalue weighted by Gasteiger charge is 2.35. The molecule has 1 saturated heterocycles.